The van der Waals surface area contributed by atoms with Gasteiger partial charge in [0, 0.05) is 35.3 Å². The second kappa shape index (κ2) is 11.0. The fourth-order valence-corrected chi connectivity index (χ4v) is 4.18. The predicted molar refractivity (Wildman–Crippen MR) is 143 cm³/mol. The molecule has 0 amide bonds. The van der Waals surface area contributed by atoms with Gasteiger partial charge in [-0.25, -0.2) is 9.97 Å². The molecule has 178 valence electrons. The number of ether oxygens (including phenoxy) is 1. The fraction of sp³-hybridized carbons (Fsp3) is 0.138. The topological polar surface area (TPSA) is 67.4 Å². The highest BCUT2D eigenvalue weighted by Crippen LogP contribution is 2.33. The molecule has 1 aliphatic heterocycles. The standard InChI is InChI=1S/C29H23ClN4O2/c30-26-18-23(11-13-28(26)36-24-6-2-1-3-7-24)33-29-25-17-21(10-12-27(25)31-20-32-29)8-9-22-5-4-14-34(19-22)15-16-35/h1-3,5-7,10-13,16-18,20H,4,14-15,19H2,(H,31,32,33). The largest absolute Gasteiger partial charge is 0.456 e. The number of carbonyl (C=O) groups is 1. The molecule has 1 N–H and O–H groups in total. The maximum Gasteiger partial charge on any atom is 0.146 e. The first-order valence-corrected chi connectivity index (χ1v) is 12.0. The van der Waals surface area contributed by atoms with Gasteiger partial charge in [-0.1, -0.05) is 47.7 Å². The van der Waals surface area contributed by atoms with Gasteiger partial charge >= 0.3 is 0 Å². The number of benzene rings is 3. The van der Waals surface area contributed by atoms with Crippen LogP contribution >= 0.6 is 11.6 Å². The van der Waals surface area contributed by atoms with Crippen molar-refractivity contribution in [1.82, 2.24) is 14.9 Å². The summed E-state index contributed by atoms with van der Waals surface area (Å²) < 4.78 is 5.87. The summed E-state index contributed by atoms with van der Waals surface area (Å²) in [5.74, 6) is 8.45. The van der Waals surface area contributed by atoms with Gasteiger partial charge in [-0.15, -0.1) is 0 Å². The van der Waals surface area contributed by atoms with Crippen molar-refractivity contribution in [3.8, 4) is 23.3 Å². The third-order valence-corrected chi connectivity index (χ3v) is 6.03. The maximum atomic E-state index is 10.8. The number of nitrogens with zero attached hydrogens (tertiary/aromatic N) is 3. The number of aldehydes is 1. The van der Waals surface area contributed by atoms with Crippen molar-refractivity contribution in [2.24, 2.45) is 0 Å². The molecular weight excluding hydrogens is 472 g/mol. The molecule has 4 aromatic rings. The van der Waals surface area contributed by atoms with Crippen molar-refractivity contribution in [3.63, 3.8) is 0 Å². The smallest absolute Gasteiger partial charge is 0.146 e. The van der Waals surface area contributed by atoms with E-state index in [1.807, 2.05) is 60.7 Å². The molecule has 0 saturated carbocycles. The molecule has 3 aromatic carbocycles. The lowest BCUT2D eigenvalue weighted by molar-refractivity contribution is -0.108. The normalized spacial score (nSPS) is 13.4. The van der Waals surface area contributed by atoms with Gasteiger partial charge in [0.25, 0.3) is 0 Å². The molecule has 36 heavy (non-hydrogen) atoms. The van der Waals surface area contributed by atoms with E-state index < -0.39 is 0 Å². The summed E-state index contributed by atoms with van der Waals surface area (Å²) in [7, 11) is 0. The number of hydrogen-bond donors (Lipinski definition) is 1. The van der Waals surface area contributed by atoms with E-state index in [4.69, 9.17) is 16.3 Å². The van der Waals surface area contributed by atoms with Crippen LogP contribution in [-0.2, 0) is 4.79 Å². The lowest BCUT2D eigenvalue weighted by Gasteiger charge is -2.22. The van der Waals surface area contributed by atoms with E-state index in [0.717, 1.165) is 52.7 Å². The summed E-state index contributed by atoms with van der Waals surface area (Å²) in [4.78, 5) is 21.8. The molecule has 6 nitrogen and oxygen atoms in total. The molecule has 0 spiro atoms. The molecular formula is C29H23ClN4O2. The molecule has 0 fully saturated rings. The Balaban J connectivity index is 1.36. The molecule has 5 rings (SSSR count). The Morgan fingerprint density at radius 1 is 1.06 bits per heavy atom. The van der Waals surface area contributed by atoms with Crippen LogP contribution in [0.3, 0.4) is 0 Å². The van der Waals surface area contributed by atoms with Gasteiger partial charge in [0.1, 0.15) is 29.9 Å². The third kappa shape index (κ3) is 5.72. The van der Waals surface area contributed by atoms with Gasteiger partial charge in [-0.2, -0.15) is 0 Å². The van der Waals surface area contributed by atoms with Gasteiger partial charge < -0.3 is 14.8 Å². The Morgan fingerprint density at radius 2 is 1.94 bits per heavy atom. The molecule has 0 unspecified atom stereocenters. The zero-order valence-corrected chi connectivity index (χ0v) is 20.2. The van der Waals surface area contributed by atoms with E-state index in [2.05, 4.69) is 38.1 Å². The molecule has 0 bridgehead atoms. The number of para-hydroxylation sites is 1. The third-order valence-electron chi connectivity index (χ3n) is 5.73. The molecule has 0 atom stereocenters. The summed E-state index contributed by atoms with van der Waals surface area (Å²) in [6.45, 7) is 2.01. The van der Waals surface area contributed by atoms with Crippen molar-refractivity contribution >= 4 is 40.3 Å². The van der Waals surface area contributed by atoms with Crippen molar-refractivity contribution in [2.45, 2.75) is 6.42 Å². The number of carbonyl (C=O) groups excluding carboxylic acids is 1. The van der Waals surface area contributed by atoms with Crippen LogP contribution in [0.25, 0.3) is 10.9 Å². The van der Waals surface area contributed by atoms with Crippen molar-refractivity contribution in [3.05, 3.63) is 95.3 Å². The van der Waals surface area contributed by atoms with E-state index in [-0.39, 0.29) is 0 Å². The molecule has 7 heteroatoms. The molecule has 0 saturated heterocycles. The highest BCUT2D eigenvalue weighted by atomic mass is 35.5. The number of hydrogen-bond acceptors (Lipinski definition) is 6. The van der Waals surface area contributed by atoms with E-state index in [1.54, 1.807) is 6.07 Å². The molecule has 0 aliphatic carbocycles. The number of nitrogens with one attached hydrogen (secondary N) is 1. The quantitative estimate of drug-likeness (QED) is 0.262. The van der Waals surface area contributed by atoms with Crippen molar-refractivity contribution in [2.75, 3.05) is 25.0 Å². The number of fused-ring (bicyclic) bond motifs is 1. The summed E-state index contributed by atoms with van der Waals surface area (Å²) in [5, 5.41) is 4.68. The summed E-state index contributed by atoms with van der Waals surface area (Å²) >= 11 is 6.49. The number of halogens is 1. The number of anilines is 2. The van der Waals surface area contributed by atoms with E-state index in [9.17, 15) is 4.79 Å². The highest BCUT2D eigenvalue weighted by Gasteiger charge is 2.11. The van der Waals surface area contributed by atoms with Crippen LogP contribution in [0.1, 0.15) is 12.0 Å². The minimum absolute atomic E-state index is 0.435. The average molecular weight is 495 g/mol. The Hall–Kier alpha value is -4.18. The van der Waals surface area contributed by atoms with Crippen LogP contribution < -0.4 is 10.1 Å². The molecule has 0 radical (unpaired) electrons. The van der Waals surface area contributed by atoms with Crippen LogP contribution in [0.5, 0.6) is 11.5 Å². The minimum atomic E-state index is 0.435. The van der Waals surface area contributed by atoms with E-state index in [0.29, 0.717) is 29.7 Å². The summed E-state index contributed by atoms with van der Waals surface area (Å²) in [6.07, 6.45) is 5.50. The van der Waals surface area contributed by atoms with Crippen LogP contribution in [0.15, 0.2) is 84.7 Å². The first-order valence-electron chi connectivity index (χ1n) is 11.6. The van der Waals surface area contributed by atoms with Gasteiger partial charge in [-0.3, -0.25) is 4.90 Å². The highest BCUT2D eigenvalue weighted by molar-refractivity contribution is 6.32. The Labute approximate surface area is 214 Å². The lowest BCUT2D eigenvalue weighted by atomic mass is 10.1. The Bertz CT molecular complexity index is 1490. The van der Waals surface area contributed by atoms with Gasteiger partial charge in [0.05, 0.1) is 17.1 Å². The second-order valence-corrected chi connectivity index (χ2v) is 8.72. The fourth-order valence-electron chi connectivity index (χ4n) is 3.96. The predicted octanol–water partition coefficient (Wildman–Crippen LogP) is 6.00. The molecule has 1 aliphatic rings. The SMILES string of the molecule is O=CCN1CCC=C(C#Cc2ccc3ncnc(Nc4ccc(Oc5ccccc5)c(Cl)c4)c3c2)C1. The van der Waals surface area contributed by atoms with Crippen LogP contribution in [-0.4, -0.2) is 40.8 Å². The van der Waals surface area contributed by atoms with Gasteiger partial charge in [0.2, 0.25) is 0 Å². The first-order chi connectivity index (χ1) is 17.7. The van der Waals surface area contributed by atoms with Crippen LogP contribution in [0.4, 0.5) is 11.5 Å². The average Bonchev–Trinajstić information content (AvgIpc) is 2.90. The molecule has 2 heterocycles. The van der Waals surface area contributed by atoms with Gasteiger partial charge in [0.15, 0.2) is 0 Å². The zero-order chi connectivity index (χ0) is 24.7. The first kappa shape index (κ1) is 23.6. The zero-order valence-electron chi connectivity index (χ0n) is 19.4. The molecule has 1 aromatic heterocycles. The number of rotatable bonds is 6. The van der Waals surface area contributed by atoms with Crippen molar-refractivity contribution in [1.29, 1.82) is 0 Å². The van der Waals surface area contributed by atoms with Gasteiger partial charge in [-0.05, 0) is 55.0 Å². The maximum absolute atomic E-state index is 10.8. The monoisotopic (exact) mass is 494 g/mol. The van der Waals surface area contributed by atoms with E-state index >= 15 is 0 Å². The Morgan fingerprint density at radius 3 is 2.78 bits per heavy atom. The van der Waals surface area contributed by atoms with Crippen LogP contribution in [0.2, 0.25) is 5.02 Å². The van der Waals surface area contributed by atoms with E-state index in [1.165, 1.54) is 6.33 Å². The minimum Gasteiger partial charge on any atom is -0.456 e. The summed E-state index contributed by atoms with van der Waals surface area (Å²) in [6, 6.07) is 20.9. The lowest BCUT2D eigenvalue weighted by Crippen LogP contribution is -2.31. The van der Waals surface area contributed by atoms with Crippen molar-refractivity contribution < 1.29 is 9.53 Å². The Kier molecular flexibility index (Phi) is 7.23. The summed E-state index contributed by atoms with van der Waals surface area (Å²) in [5.41, 5.74) is 3.47. The number of aromatic nitrogens is 2. The second-order valence-electron chi connectivity index (χ2n) is 8.31. The van der Waals surface area contributed by atoms with Crippen LogP contribution in [0, 0.1) is 11.8 Å².